The maximum absolute atomic E-state index is 12.7. The Hall–Kier alpha value is -2.22. The van der Waals surface area contributed by atoms with Crippen molar-refractivity contribution in [2.75, 3.05) is 0 Å². The van der Waals surface area contributed by atoms with E-state index in [4.69, 9.17) is 12.3 Å². The highest BCUT2D eigenvalue weighted by Gasteiger charge is 2.61. The molecule has 0 heterocycles. The van der Waals surface area contributed by atoms with Gasteiger partial charge in [0.2, 0.25) is 11.6 Å². The molecule has 5 nitrogen and oxygen atoms in total. The number of nitrogens with zero attached hydrogens (tertiary/aromatic N) is 1. The highest BCUT2D eigenvalue weighted by atomic mass is 16.1. The van der Waals surface area contributed by atoms with Gasteiger partial charge in [-0.05, 0) is 36.8 Å². The highest BCUT2D eigenvalue weighted by Crippen LogP contribution is 2.64. The second kappa shape index (κ2) is 4.89. The van der Waals surface area contributed by atoms with E-state index in [0.29, 0.717) is 31.3 Å². The molecule has 3 atom stereocenters. The van der Waals surface area contributed by atoms with Crippen molar-refractivity contribution >= 4 is 17.5 Å². The molecular formula is C19H22N2O3. The Morgan fingerprint density at radius 1 is 1.29 bits per heavy atom. The highest BCUT2D eigenvalue weighted by molar-refractivity contribution is 6.03. The lowest BCUT2D eigenvalue weighted by Gasteiger charge is -2.57. The van der Waals surface area contributed by atoms with Crippen LogP contribution in [0, 0.1) is 28.7 Å². The van der Waals surface area contributed by atoms with Crippen LogP contribution in [-0.2, 0) is 14.4 Å². The van der Waals surface area contributed by atoms with Crippen LogP contribution in [0.15, 0.2) is 23.4 Å². The van der Waals surface area contributed by atoms with Crippen LogP contribution in [-0.4, -0.2) is 17.5 Å². The van der Waals surface area contributed by atoms with Crippen LogP contribution < -0.4 is 5.73 Å². The molecule has 0 aliphatic heterocycles. The van der Waals surface area contributed by atoms with Gasteiger partial charge in [0.25, 0.3) is 0 Å². The first-order valence-electron chi connectivity index (χ1n) is 8.30. The zero-order chi connectivity index (χ0) is 17.9. The number of hydrogen-bond donors (Lipinski definition) is 1. The zero-order valence-corrected chi connectivity index (χ0v) is 14.3. The van der Waals surface area contributed by atoms with Gasteiger partial charge in [-0.1, -0.05) is 26.8 Å². The number of carbonyl (C=O) groups is 3. The third kappa shape index (κ3) is 1.89. The first-order valence-corrected chi connectivity index (χ1v) is 8.30. The fourth-order valence-corrected chi connectivity index (χ4v) is 5.24. The third-order valence-electron chi connectivity index (χ3n) is 6.50. The fourth-order valence-electron chi connectivity index (χ4n) is 5.24. The van der Waals surface area contributed by atoms with Crippen molar-refractivity contribution in [1.82, 2.24) is 0 Å². The van der Waals surface area contributed by atoms with E-state index in [1.807, 2.05) is 20.8 Å². The van der Waals surface area contributed by atoms with Gasteiger partial charge in [0.1, 0.15) is 0 Å². The topological polar surface area (TPSA) is 81.6 Å². The van der Waals surface area contributed by atoms with Crippen LogP contribution in [0.3, 0.4) is 0 Å². The van der Waals surface area contributed by atoms with E-state index in [0.717, 1.165) is 0 Å². The van der Waals surface area contributed by atoms with Gasteiger partial charge < -0.3 is 10.5 Å². The molecule has 0 saturated heterocycles. The van der Waals surface area contributed by atoms with Gasteiger partial charge in [-0.15, -0.1) is 0 Å². The molecular weight excluding hydrogens is 304 g/mol. The van der Waals surface area contributed by atoms with Gasteiger partial charge >= 0.3 is 0 Å². The summed E-state index contributed by atoms with van der Waals surface area (Å²) in [4.78, 5) is 40.5. The van der Waals surface area contributed by atoms with Crippen LogP contribution in [0.1, 0.15) is 46.5 Å². The second-order valence-corrected chi connectivity index (χ2v) is 8.04. The van der Waals surface area contributed by atoms with Gasteiger partial charge in [-0.25, -0.2) is 4.85 Å². The molecule has 1 saturated carbocycles. The molecule has 5 heteroatoms. The SMILES string of the molecule is [C-]#[N+]C1=C[C@]2(C)C3=CC(=O)CC[C@]3(C(N)=O)CC[C@H]2C(C)(C)C1=O. The Morgan fingerprint density at radius 2 is 1.96 bits per heavy atom. The van der Waals surface area contributed by atoms with E-state index in [2.05, 4.69) is 4.85 Å². The minimum atomic E-state index is -0.834. The predicted molar refractivity (Wildman–Crippen MR) is 88.3 cm³/mol. The maximum atomic E-state index is 12.7. The summed E-state index contributed by atoms with van der Waals surface area (Å²) in [5, 5.41) is 0. The molecule has 0 aromatic carbocycles. The molecule has 0 aromatic rings. The summed E-state index contributed by atoms with van der Waals surface area (Å²) in [7, 11) is 0. The molecule has 24 heavy (non-hydrogen) atoms. The van der Waals surface area contributed by atoms with E-state index in [1.165, 1.54) is 0 Å². The van der Waals surface area contributed by atoms with Gasteiger partial charge in [0.15, 0.2) is 11.6 Å². The molecule has 0 unspecified atom stereocenters. The van der Waals surface area contributed by atoms with Gasteiger partial charge in [-0.3, -0.25) is 9.59 Å². The fraction of sp³-hybridized carbons (Fsp3) is 0.579. The molecule has 1 fully saturated rings. The van der Waals surface area contributed by atoms with Crippen LogP contribution in [0.4, 0.5) is 0 Å². The third-order valence-corrected chi connectivity index (χ3v) is 6.50. The van der Waals surface area contributed by atoms with Crippen molar-refractivity contribution in [2.24, 2.45) is 27.9 Å². The molecule has 3 rings (SSSR count). The molecule has 2 N–H and O–H groups in total. The maximum Gasteiger partial charge on any atom is 0.227 e. The van der Waals surface area contributed by atoms with Gasteiger partial charge in [0, 0.05) is 17.3 Å². The number of amides is 1. The summed E-state index contributed by atoms with van der Waals surface area (Å²) >= 11 is 0. The molecule has 0 radical (unpaired) electrons. The summed E-state index contributed by atoms with van der Waals surface area (Å²) in [6, 6.07) is 0. The quantitative estimate of drug-likeness (QED) is 0.752. The second-order valence-electron chi connectivity index (χ2n) is 8.04. The van der Waals surface area contributed by atoms with E-state index < -0.39 is 22.2 Å². The average molecular weight is 326 g/mol. The van der Waals surface area contributed by atoms with Crippen LogP contribution in [0.5, 0.6) is 0 Å². The van der Waals surface area contributed by atoms with E-state index in [-0.39, 0.29) is 23.2 Å². The molecule has 0 spiro atoms. The number of ketones is 2. The van der Waals surface area contributed by atoms with E-state index in [9.17, 15) is 14.4 Å². The molecule has 0 aromatic heterocycles. The summed E-state index contributed by atoms with van der Waals surface area (Å²) in [6.07, 6.45) is 5.20. The van der Waals surface area contributed by atoms with Crippen LogP contribution in [0.25, 0.3) is 4.85 Å². The number of hydrogen-bond acceptors (Lipinski definition) is 3. The smallest absolute Gasteiger partial charge is 0.227 e. The lowest BCUT2D eigenvalue weighted by atomic mass is 9.45. The summed E-state index contributed by atoms with van der Waals surface area (Å²) < 4.78 is 0. The Labute approximate surface area is 141 Å². The molecule has 0 bridgehead atoms. The number of Topliss-reactive ketones (excluding diaryl/α,β-unsaturated/α-hetero) is 1. The van der Waals surface area contributed by atoms with Crippen molar-refractivity contribution in [3.63, 3.8) is 0 Å². The Bertz CT molecular complexity index is 768. The monoisotopic (exact) mass is 326 g/mol. The number of carbonyl (C=O) groups excluding carboxylic acids is 3. The van der Waals surface area contributed by atoms with Crippen molar-refractivity contribution in [3.8, 4) is 0 Å². The summed E-state index contributed by atoms with van der Waals surface area (Å²) in [5.41, 5.74) is 4.33. The van der Waals surface area contributed by atoms with Gasteiger partial charge in [-0.2, -0.15) is 0 Å². The van der Waals surface area contributed by atoms with Crippen molar-refractivity contribution in [3.05, 3.63) is 34.8 Å². The number of primary amides is 1. The Balaban J connectivity index is 2.30. The lowest BCUT2D eigenvalue weighted by molar-refractivity contribution is -0.135. The summed E-state index contributed by atoms with van der Waals surface area (Å²) in [5.74, 6) is -0.647. The Morgan fingerprint density at radius 3 is 2.54 bits per heavy atom. The largest absolute Gasteiger partial charge is 0.369 e. The number of allylic oxidation sites excluding steroid dienone is 3. The minimum absolute atomic E-state index is 0.0174. The van der Waals surface area contributed by atoms with Crippen molar-refractivity contribution < 1.29 is 14.4 Å². The zero-order valence-electron chi connectivity index (χ0n) is 14.3. The molecule has 126 valence electrons. The van der Waals surface area contributed by atoms with Crippen molar-refractivity contribution in [1.29, 1.82) is 0 Å². The minimum Gasteiger partial charge on any atom is -0.369 e. The van der Waals surface area contributed by atoms with E-state index >= 15 is 0 Å². The standard InChI is InChI=1S/C19H22N2O3/c1-17(2)13-6-8-19(16(20)24)7-5-11(22)9-14(19)18(13,3)10-12(21-4)15(17)23/h9-10,13H,5-8H2,1-3H3,(H2,20,24)/t13-,18-,19-/m0/s1. The van der Waals surface area contributed by atoms with Gasteiger partial charge in [0.05, 0.1) is 12.0 Å². The van der Waals surface area contributed by atoms with Crippen LogP contribution in [0.2, 0.25) is 0 Å². The number of nitrogens with two attached hydrogens (primary N) is 1. The molecule has 1 amide bonds. The first kappa shape index (κ1) is 16.6. The number of fused-ring (bicyclic) bond motifs is 3. The van der Waals surface area contributed by atoms with E-state index in [1.54, 1.807) is 12.2 Å². The predicted octanol–water partition coefficient (Wildman–Crippen LogP) is 2.58. The number of rotatable bonds is 1. The lowest BCUT2D eigenvalue weighted by Crippen LogP contribution is -2.57. The Kier molecular flexibility index (Phi) is 3.39. The molecule has 3 aliphatic carbocycles. The summed E-state index contributed by atoms with van der Waals surface area (Å²) in [6.45, 7) is 13.0. The normalized spacial score (nSPS) is 37.5. The van der Waals surface area contributed by atoms with Crippen molar-refractivity contribution in [2.45, 2.75) is 46.5 Å². The average Bonchev–Trinajstić information content (AvgIpc) is 2.51. The molecule has 3 aliphatic rings. The van der Waals surface area contributed by atoms with Crippen LogP contribution >= 0.6 is 0 Å². The first-order chi connectivity index (χ1) is 11.1.